The number of rotatable bonds is 12. The van der Waals surface area contributed by atoms with Crippen molar-refractivity contribution in [1.29, 1.82) is 0 Å². The van der Waals surface area contributed by atoms with E-state index in [9.17, 15) is 18.0 Å². The highest BCUT2D eigenvalue weighted by molar-refractivity contribution is 7.92. The predicted molar refractivity (Wildman–Crippen MR) is 162 cm³/mol. The normalized spacial score (nSPS) is 12.1. The van der Waals surface area contributed by atoms with Crippen LogP contribution in [0.1, 0.15) is 35.6 Å². The Balaban J connectivity index is 2.07. The van der Waals surface area contributed by atoms with Crippen LogP contribution in [0, 0.1) is 13.8 Å². The van der Waals surface area contributed by atoms with Crippen molar-refractivity contribution in [3.63, 3.8) is 0 Å². The number of benzene rings is 3. The molecule has 0 aliphatic carbocycles. The van der Waals surface area contributed by atoms with Gasteiger partial charge in [-0.1, -0.05) is 72.6 Å². The fourth-order valence-electron chi connectivity index (χ4n) is 4.25. The number of anilines is 1. The molecule has 3 rings (SSSR count). The van der Waals surface area contributed by atoms with E-state index < -0.39 is 28.5 Å². The Bertz CT molecular complexity index is 1450. The van der Waals surface area contributed by atoms with Gasteiger partial charge in [0.1, 0.15) is 12.6 Å². The van der Waals surface area contributed by atoms with Gasteiger partial charge < -0.3 is 10.2 Å². The molecule has 40 heavy (non-hydrogen) atoms. The van der Waals surface area contributed by atoms with E-state index in [1.54, 1.807) is 30.3 Å². The summed E-state index contributed by atoms with van der Waals surface area (Å²) in [5.41, 5.74) is 3.79. The monoisotopic (exact) mass is 603 g/mol. The van der Waals surface area contributed by atoms with Crippen molar-refractivity contribution in [3.8, 4) is 0 Å². The second kappa shape index (κ2) is 14.0. The first-order valence-electron chi connectivity index (χ1n) is 13.0. The van der Waals surface area contributed by atoms with Gasteiger partial charge >= 0.3 is 0 Å². The van der Waals surface area contributed by atoms with Gasteiger partial charge in [0.15, 0.2) is 0 Å². The van der Waals surface area contributed by atoms with Gasteiger partial charge in [-0.3, -0.25) is 13.9 Å². The summed E-state index contributed by atoms with van der Waals surface area (Å²) < 4.78 is 26.9. The van der Waals surface area contributed by atoms with Crippen molar-refractivity contribution in [3.05, 3.63) is 99.0 Å². The van der Waals surface area contributed by atoms with E-state index in [0.717, 1.165) is 33.7 Å². The Morgan fingerprint density at radius 2 is 1.60 bits per heavy atom. The predicted octanol–water partition coefficient (Wildman–Crippen LogP) is 5.54. The molecule has 2 amide bonds. The average molecular weight is 605 g/mol. The number of nitrogens with zero attached hydrogens (tertiary/aromatic N) is 2. The van der Waals surface area contributed by atoms with Crippen LogP contribution in [0.3, 0.4) is 0 Å². The molecule has 214 valence electrons. The smallest absolute Gasteiger partial charge is 0.244 e. The molecule has 3 aromatic carbocycles. The third-order valence-electron chi connectivity index (χ3n) is 6.61. The number of carbonyl (C=O) groups excluding carboxylic acids is 2. The third kappa shape index (κ3) is 8.46. The molecule has 7 nitrogen and oxygen atoms in total. The Morgan fingerprint density at radius 3 is 2.20 bits per heavy atom. The van der Waals surface area contributed by atoms with Crippen LogP contribution in [-0.4, -0.2) is 50.5 Å². The van der Waals surface area contributed by atoms with Crippen LogP contribution in [-0.2, 0) is 32.6 Å². The summed E-state index contributed by atoms with van der Waals surface area (Å²) in [6.45, 7) is 5.74. The van der Waals surface area contributed by atoms with Crippen molar-refractivity contribution < 1.29 is 18.0 Å². The molecule has 0 saturated carbocycles. The van der Waals surface area contributed by atoms with Crippen LogP contribution in [0.4, 0.5) is 5.69 Å². The topological polar surface area (TPSA) is 86.8 Å². The molecule has 1 atom stereocenters. The number of aryl methyl sites for hydroxylation is 2. The zero-order valence-corrected chi connectivity index (χ0v) is 25.5. The van der Waals surface area contributed by atoms with Crippen molar-refractivity contribution in [2.75, 3.05) is 23.7 Å². The molecule has 0 heterocycles. The van der Waals surface area contributed by atoms with Crippen LogP contribution in [0.25, 0.3) is 0 Å². The summed E-state index contributed by atoms with van der Waals surface area (Å²) >= 11 is 12.4. The van der Waals surface area contributed by atoms with Crippen molar-refractivity contribution >= 4 is 50.7 Å². The molecular formula is C30H35Cl2N3O4S. The number of hydrogen-bond acceptors (Lipinski definition) is 4. The highest BCUT2D eigenvalue weighted by Crippen LogP contribution is 2.26. The van der Waals surface area contributed by atoms with E-state index in [1.165, 1.54) is 4.90 Å². The van der Waals surface area contributed by atoms with Gasteiger partial charge in [0, 0.05) is 19.5 Å². The Kier molecular flexibility index (Phi) is 11.0. The minimum absolute atomic E-state index is 0.0251. The second-order valence-corrected chi connectivity index (χ2v) is 12.5. The molecule has 0 radical (unpaired) electrons. The lowest BCUT2D eigenvalue weighted by atomic mass is 10.0. The molecular weight excluding hydrogens is 569 g/mol. The standard InChI is InChI=1S/C30H35Cl2N3O4S/c1-5-15-33-30(37)28(18-23-9-7-6-8-10-23)34(19-24-12-14-26(31)27(32)17-24)29(36)20-35(40(4,38)39)25-13-11-21(2)22(3)16-25/h6-14,16-17,28H,5,15,18-20H2,1-4H3,(H,33,37)/t28-/m0/s1. The van der Waals surface area contributed by atoms with E-state index in [-0.39, 0.29) is 18.9 Å². The zero-order valence-electron chi connectivity index (χ0n) is 23.2. The van der Waals surface area contributed by atoms with E-state index in [4.69, 9.17) is 23.2 Å². The van der Waals surface area contributed by atoms with E-state index in [2.05, 4.69) is 5.32 Å². The number of amides is 2. The summed E-state index contributed by atoms with van der Waals surface area (Å²) in [4.78, 5) is 29.0. The maximum absolute atomic E-state index is 14.1. The Morgan fingerprint density at radius 1 is 0.900 bits per heavy atom. The number of carbonyl (C=O) groups is 2. The molecule has 0 unspecified atom stereocenters. The first-order valence-corrected chi connectivity index (χ1v) is 15.6. The summed E-state index contributed by atoms with van der Waals surface area (Å²) in [6.07, 6.45) is 2.03. The highest BCUT2D eigenvalue weighted by atomic mass is 35.5. The minimum Gasteiger partial charge on any atom is -0.354 e. The van der Waals surface area contributed by atoms with Gasteiger partial charge in [0.25, 0.3) is 0 Å². The fourth-order valence-corrected chi connectivity index (χ4v) is 5.41. The maximum Gasteiger partial charge on any atom is 0.244 e. The Hall–Kier alpha value is -3.07. The van der Waals surface area contributed by atoms with Crippen molar-refractivity contribution in [2.24, 2.45) is 0 Å². The number of sulfonamides is 1. The third-order valence-corrected chi connectivity index (χ3v) is 8.49. The summed E-state index contributed by atoms with van der Waals surface area (Å²) in [5.74, 6) is -0.849. The van der Waals surface area contributed by atoms with Crippen LogP contribution in [0.5, 0.6) is 0 Å². The summed E-state index contributed by atoms with van der Waals surface area (Å²) in [6, 6.07) is 18.7. The molecule has 0 fully saturated rings. The van der Waals surface area contributed by atoms with Crippen LogP contribution in [0.2, 0.25) is 10.0 Å². The molecule has 0 aliphatic heterocycles. The van der Waals surface area contributed by atoms with Gasteiger partial charge in [-0.05, 0) is 66.8 Å². The quantitative estimate of drug-likeness (QED) is 0.294. The molecule has 0 aliphatic rings. The van der Waals surface area contributed by atoms with Gasteiger partial charge in [0.05, 0.1) is 22.0 Å². The minimum atomic E-state index is -3.83. The lowest BCUT2D eigenvalue weighted by Crippen LogP contribution is -2.53. The van der Waals surface area contributed by atoms with Gasteiger partial charge in [-0.2, -0.15) is 0 Å². The maximum atomic E-state index is 14.1. The first-order chi connectivity index (χ1) is 18.9. The molecule has 0 saturated heterocycles. The number of halogens is 2. The van der Waals surface area contributed by atoms with Crippen molar-refractivity contribution in [2.45, 2.75) is 46.2 Å². The lowest BCUT2D eigenvalue weighted by molar-refractivity contribution is -0.140. The van der Waals surface area contributed by atoms with Crippen LogP contribution >= 0.6 is 23.2 Å². The summed E-state index contributed by atoms with van der Waals surface area (Å²) in [5, 5.41) is 3.59. The molecule has 0 bridgehead atoms. The SMILES string of the molecule is CCCNC(=O)[C@H](Cc1ccccc1)N(Cc1ccc(Cl)c(Cl)c1)C(=O)CN(c1ccc(C)c(C)c1)S(C)(=O)=O. The highest BCUT2D eigenvalue weighted by Gasteiger charge is 2.33. The largest absolute Gasteiger partial charge is 0.354 e. The molecule has 1 N–H and O–H groups in total. The Labute approximate surface area is 247 Å². The van der Waals surface area contributed by atoms with E-state index in [1.807, 2.05) is 57.2 Å². The van der Waals surface area contributed by atoms with E-state index in [0.29, 0.717) is 27.8 Å². The van der Waals surface area contributed by atoms with Gasteiger partial charge in [0.2, 0.25) is 21.8 Å². The van der Waals surface area contributed by atoms with Crippen molar-refractivity contribution in [1.82, 2.24) is 10.2 Å². The zero-order chi connectivity index (χ0) is 29.4. The molecule has 10 heteroatoms. The first kappa shape index (κ1) is 31.5. The van der Waals surface area contributed by atoms with Gasteiger partial charge in [-0.15, -0.1) is 0 Å². The number of hydrogen-bond donors (Lipinski definition) is 1. The molecule has 0 spiro atoms. The molecule has 3 aromatic rings. The van der Waals surface area contributed by atoms with Crippen LogP contribution < -0.4 is 9.62 Å². The van der Waals surface area contributed by atoms with E-state index >= 15 is 0 Å². The fraction of sp³-hybridized carbons (Fsp3) is 0.333. The second-order valence-electron chi connectivity index (χ2n) is 9.80. The number of nitrogens with one attached hydrogen (secondary N) is 1. The summed E-state index contributed by atoms with van der Waals surface area (Å²) in [7, 11) is -3.83. The van der Waals surface area contributed by atoms with Crippen LogP contribution in [0.15, 0.2) is 66.7 Å². The average Bonchev–Trinajstić information content (AvgIpc) is 2.91. The van der Waals surface area contributed by atoms with Gasteiger partial charge in [-0.25, -0.2) is 8.42 Å². The lowest BCUT2D eigenvalue weighted by Gasteiger charge is -2.33. The molecule has 0 aromatic heterocycles.